The van der Waals surface area contributed by atoms with E-state index in [2.05, 4.69) is 34.6 Å². The van der Waals surface area contributed by atoms with Crippen LogP contribution in [0, 0.1) is 17.8 Å². The minimum atomic E-state index is -0.245. The SMILES string of the molecule is CCOC(=O)/C=C1/C(C)=C2/COCC2/C(C)=C(/C)C(C)C1C. The van der Waals surface area contributed by atoms with Crippen molar-refractivity contribution in [3.05, 3.63) is 33.9 Å². The summed E-state index contributed by atoms with van der Waals surface area (Å²) in [5.74, 6) is 0.803. The summed E-state index contributed by atoms with van der Waals surface area (Å²) in [4.78, 5) is 12.0. The molecule has 1 saturated heterocycles. The number of esters is 1. The van der Waals surface area contributed by atoms with Gasteiger partial charge < -0.3 is 9.47 Å². The molecule has 22 heavy (non-hydrogen) atoms. The molecule has 1 heterocycles. The van der Waals surface area contributed by atoms with E-state index in [0.717, 1.165) is 12.2 Å². The van der Waals surface area contributed by atoms with Crippen LogP contribution in [-0.4, -0.2) is 25.8 Å². The van der Waals surface area contributed by atoms with Crippen LogP contribution in [-0.2, 0) is 14.3 Å². The van der Waals surface area contributed by atoms with Crippen LogP contribution >= 0.6 is 0 Å². The molecule has 0 amide bonds. The van der Waals surface area contributed by atoms with Crippen LogP contribution in [0.15, 0.2) is 33.9 Å². The largest absolute Gasteiger partial charge is 0.463 e. The molecule has 3 unspecified atom stereocenters. The van der Waals surface area contributed by atoms with Crippen molar-refractivity contribution in [2.75, 3.05) is 19.8 Å². The van der Waals surface area contributed by atoms with E-state index in [4.69, 9.17) is 9.47 Å². The van der Waals surface area contributed by atoms with Gasteiger partial charge in [0.2, 0.25) is 0 Å². The molecule has 0 spiro atoms. The Hall–Kier alpha value is -1.35. The monoisotopic (exact) mass is 304 g/mol. The van der Waals surface area contributed by atoms with Crippen LogP contribution in [0.2, 0.25) is 0 Å². The van der Waals surface area contributed by atoms with Crippen molar-refractivity contribution in [1.82, 2.24) is 0 Å². The Labute approximate surface area is 134 Å². The van der Waals surface area contributed by atoms with Gasteiger partial charge in [-0.3, -0.25) is 0 Å². The molecule has 0 N–H and O–H groups in total. The van der Waals surface area contributed by atoms with Gasteiger partial charge in [-0.05, 0) is 56.3 Å². The summed E-state index contributed by atoms with van der Waals surface area (Å²) in [7, 11) is 0. The molecule has 3 heteroatoms. The van der Waals surface area contributed by atoms with Gasteiger partial charge in [0.25, 0.3) is 0 Å². The maximum Gasteiger partial charge on any atom is 0.331 e. The van der Waals surface area contributed by atoms with Gasteiger partial charge in [0.1, 0.15) is 0 Å². The predicted molar refractivity (Wildman–Crippen MR) is 88.4 cm³/mol. The zero-order valence-corrected chi connectivity index (χ0v) is 14.7. The standard InChI is InChI=1S/C19H28O3/c1-7-22-19(20)8-16-13(4)11(2)12(3)14(5)17-9-21-10-18(17)15(16)6/h8,11,13,17H,7,9-10H2,1-6H3/b14-12-,16-8+,18-15-. The first-order chi connectivity index (χ1) is 10.4. The van der Waals surface area contributed by atoms with E-state index in [-0.39, 0.29) is 11.9 Å². The Bertz CT molecular complexity index is 551. The molecule has 0 saturated carbocycles. The molecule has 0 aromatic carbocycles. The van der Waals surface area contributed by atoms with Crippen molar-refractivity contribution < 1.29 is 14.3 Å². The molecule has 122 valence electrons. The third-order valence-corrected chi connectivity index (χ3v) is 5.51. The number of carbonyl (C=O) groups is 1. The van der Waals surface area contributed by atoms with Crippen molar-refractivity contribution in [2.45, 2.75) is 41.5 Å². The molecule has 1 aliphatic heterocycles. The third-order valence-electron chi connectivity index (χ3n) is 5.51. The third kappa shape index (κ3) is 3.05. The second kappa shape index (κ2) is 6.82. The summed E-state index contributed by atoms with van der Waals surface area (Å²) in [6.45, 7) is 14.7. The van der Waals surface area contributed by atoms with Gasteiger partial charge in [-0.2, -0.15) is 0 Å². The molecule has 0 aromatic heterocycles. The molecular weight excluding hydrogens is 276 g/mol. The highest BCUT2D eigenvalue weighted by molar-refractivity contribution is 5.84. The summed E-state index contributed by atoms with van der Waals surface area (Å²) in [5, 5.41) is 0. The molecule has 0 aromatic rings. The average Bonchev–Trinajstić information content (AvgIpc) is 2.98. The molecule has 3 nitrogen and oxygen atoms in total. The van der Waals surface area contributed by atoms with E-state index in [1.54, 1.807) is 6.08 Å². The van der Waals surface area contributed by atoms with Gasteiger partial charge in [0, 0.05) is 12.0 Å². The van der Waals surface area contributed by atoms with Gasteiger partial charge in [0.15, 0.2) is 0 Å². The summed E-state index contributed by atoms with van der Waals surface area (Å²) >= 11 is 0. The predicted octanol–water partition coefficient (Wildman–Crippen LogP) is 4.06. The lowest BCUT2D eigenvalue weighted by atomic mass is 9.73. The summed E-state index contributed by atoms with van der Waals surface area (Å²) in [6, 6.07) is 0. The first kappa shape index (κ1) is 17.0. The van der Waals surface area contributed by atoms with Crippen molar-refractivity contribution >= 4 is 5.97 Å². The highest BCUT2D eigenvalue weighted by Gasteiger charge is 2.33. The van der Waals surface area contributed by atoms with Crippen LogP contribution in [0.1, 0.15) is 41.5 Å². The minimum absolute atomic E-state index is 0.245. The Morgan fingerprint density at radius 3 is 2.55 bits per heavy atom. The highest BCUT2D eigenvalue weighted by Crippen LogP contribution is 2.42. The van der Waals surface area contributed by atoms with E-state index in [9.17, 15) is 4.79 Å². The summed E-state index contributed by atoms with van der Waals surface area (Å²) in [5.41, 5.74) is 6.49. The van der Waals surface area contributed by atoms with Crippen LogP contribution < -0.4 is 0 Å². The van der Waals surface area contributed by atoms with Crippen LogP contribution in [0.3, 0.4) is 0 Å². The molecule has 0 radical (unpaired) electrons. The van der Waals surface area contributed by atoms with Crippen molar-refractivity contribution in [2.24, 2.45) is 17.8 Å². The van der Waals surface area contributed by atoms with Crippen molar-refractivity contribution in [1.29, 1.82) is 0 Å². The lowest BCUT2D eigenvalue weighted by molar-refractivity contribution is -0.137. The lowest BCUT2D eigenvalue weighted by Gasteiger charge is -2.31. The summed E-state index contributed by atoms with van der Waals surface area (Å²) < 4.78 is 10.9. The van der Waals surface area contributed by atoms with E-state index >= 15 is 0 Å². The number of allylic oxidation sites excluding steroid dienone is 3. The minimum Gasteiger partial charge on any atom is -0.463 e. The summed E-state index contributed by atoms with van der Waals surface area (Å²) in [6.07, 6.45) is 1.69. The van der Waals surface area contributed by atoms with Gasteiger partial charge >= 0.3 is 5.97 Å². The number of hydrogen-bond acceptors (Lipinski definition) is 3. The molecule has 2 aliphatic rings. The quantitative estimate of drug-likeness (QED) is 0.438. The molecule has 3 atom stereocenters. The zero-order valence-electron chi connectivity index (χ0n) is 14.7. The maximum absolute atomic E-state index is 12.0. The zero-order chi connectivity index (χ0) is 16.4. The Morgan fingerprint density at radius 2 is 1.91 bits per heavy atom. The van der Waals surface area contributed by atoms with Crippen LogP contribution in [0.25, 0.3) is 0 Å². The molecule has 1 fully saturated rings. The number of carbonyl (C=O) groups excluding carboxylic acids is 1. The van der Waals surface area contributed by atoms with E-state index in [0.29, 0.717) is 25.0 Å². The number of ether oxygens (including phenoxy) is 2. The van der Waals surface area contributed by atoms with Crippen LogP contribution in [0.5, 0.6) is 0 Å². The van der Waals surface area contributed by atoms with Gasteiger partial charge in [-0.25, -0.2) is 4.79 Å². The Balaban J connectivity index is 2.55. The van der Waals surface area contributed by atoms with E-state index < -0.39 is 0 Å². The Morgan fingerprint density at radius 1 is 1.23 bits per heavy atom. The average molecular weight is 304 g/mol. The van der Waals surface area contributed by atoms with Gasteiger partial charge in [0.05, 0.1) is 19.8 Å². The first-order valence-corrected chi connectivity index (χ1v) is 8.21. The number of hydrogen-bond donors (Lipinski definition) is 0. The molecular formula is C19H28O3. The lowest BCUT2D eigenvalue weighted by Crippen LogP contribution is -2.22. The smallest absolute Gasteiger partial charge is 0.331 e. The molecule has 2 rings (SSSR count). The second-order valence-electron chi connectivity index (χ2n) is 6.51. The highest BCUT2D eigenvalue weighted by atomic mass is 16.5. The topological polar surface area (TPSA) is 35.5 Å². The van der Waals surface area contributed by atoms with Gasteiger partial charge in [-0.1, -0.05) is 25.0 Å². The van der Waals surface area contributed by atoms with Crippen molar-refractivity contribution in [3.8, 4) is 0 Å². The Kier molecular flexibility index (Phi) is 5.28. The number of fused-ring (bicyclic) bond motifs is 1. The van der Waals surface area contributed by atoms with Crippen molar-refractivity contribution in [3.63, 3.8) is 0 Å². The maximum atomic E-state index is 12.0. The second-order valence-corrected chi connectivity index (χ2v) is 6.51. The molecule has 0 bridgehead atoms. The number of rotatable bonds is 2. The fraction of sp³-hybridized carbons (Fsp3) is 0.632. The van der Waals surface area contributed by atoms with Gasteiger partial charge in [-0.15, -0.1) is 0 Å². The normalized spacial score (nSPS) is 37.7. The van der Waals surface area contributed by atoms with E-state index in [1.807, 2.05) is 6.92 Å². The fourth-order valence-electron chi connectivity index (χ4n) is 3.60. The van der Waals surface area contributed by atoms with E-state index in [1.165, 1.54) is 22.3 Å². The molecule has 1 aliphatic carbocycles. The fourth-order valence-corrected chi connectivity index (χ4v) is 3.60. The van der Waals surface area contributed by atoms with Crippen LogP contribution in [0.4, 0.5) is 0 Å². The first-order valence-electron chi connectivity index (χ1n) is 8.21.